The highest BCUT2D eigenvalue weighted by Crippen LogP contribution is 2.36. The average molecular weight is 501 g/mol. The summed E-state index contributed by atoms with van der Waals surface area (Å²) in [5.74, 6) is 2.07. The number of hydrazone groups is 1. The van der Waals surface area contributed by atoms with Crippen LogP contribution in [0.15, 0.2) is 70.6 Å². The quantitative estimate of drug-likeness (QED) is 0.377. The summed E-state index contributed by atoms with van der Waals surface area (Å²) in [5, 5.41) is 4.16. The second kappa shape index (κ2) is 11.0. The van der Waals surface area contributed by atoms with Crippen LogP contribution in [-0.4, -0.2) is 48.4 Å². The molecule has 8 heteroatoms. The van der Waals surface area contributed by atoms with Gasteiger partial charge in [0.15, 0.2) is 0 Å². The summed E-state index contributed by atoms with van der Waals surface area (Å²) < 4.78 is 13.0. The van der Waals surface area contributed by atoms with Crippen molar-refractivity contribution < 1.29 is 14.3 Å². The Labute approximate surface area is 216 Å². The first-order chi connectivity index (χ1) is 18.0. The van der Waals surface area contributed by atoms with Crippen LogP contribution in [0.4, 0.5) is 0 Å². The van der Waals surface area contributed by atoms with E-state index in [4.69, 9.17) is 9.47 Å². The number of fused-ring (bicyclic) bond motifs is 4. The number of ether oxygens (including phenoxy) is 2. The van der Waals surface area contributed by atoms with Gasteiger partial charge in [-0.2, -0.15) is 5.10 Å². The third kappa shape index (κ3) is 5.59. The number of nitrogens with zero attached hydrogens (tertiary/aromatic N) is 3. The molecule has 1 amide bonds. The Morgan fingerprint density at radius 1 is 1.11 bits per heavy atom. The standard InChI is InChI=1S/C29H32N4O4/c1-3-37-27-12-7-20(15-30-31-29(35)22-8-10-25(36-2)11-9-22)13-24(27)19-32-16-21-14-23(18-32)26-5-4-6-28(34)33(26)17-21/h4-13,15,21,23H,3,14,16-19H2,1-2H3,(H,31,35)/b30-15+. The molecule has 2 atom stereocenters. The molecule has 0 spiro atoms. The Morgan fingerprint density at radius 2 is 1.95 bits per heavy atom. The minimum Gasteiger partial charge on any atom is -0.497 e. The number of likely N-dealkylation sites (tertiary alicyclic amines) is 1. The van der Waals surface area contributed by atoms with Crippen molar-refractivity contribution in [2.24, 2.45) is 11.0 Å². The zero-order chi connectivity index (χ0) is 25.8. The Bertz CT molecular complexity index is 1350. The number of hydrogen-bond donors (Lipinski definition) is 1. The van der Waals surface area contributed by atoms with E-state index in [0.717, 1.165) is 55.2 Å². The van der Waals surface area contributed by atoms with Crippen molar-refractivity contribution in [2.45, 2.75) is 32.4 Å². The molecular weight excluding hydrogens is 468 g/mol. The number of carbonyl (C=O) groups is 1. The SMILES string of the molecule is CCOc1ccc(/C=N/NC(=O)c2ccc(OC)cc2)cc1CN1CC2CC(C1)c1cccc(=O)n1C2. The molecule has 192 valence electrons. The molecule has 2 bridgehead atoms. The summed E-state index contributed by atoms with van der Waals surface area (Å²) in [6.45, 7) is 5.94. The van der Waals surface area contributed by atoms with Crippen LogP contribution in [0.2, 0.25) is 0 Å². The summed E-state index contributed by atoms with van der Waals surface area (Å²) in [6, 6.07) is 18.5. The summed E-state index contributed by atoms with van der Waals surface area (Å²) in [7, 11) is 1.59. The van der Waals surface area contributed by atoms with Gasteiger partial charge in [0.05, 0.1) is 19.9 Å². The van der Waals surface area contributed by atoms with Crippen LogP contribution in [0, 0.1) is 5.92 Å². The molecule has 1 saturated heterocycles. The predicted molar refractivity (Wildman–Crippen MR) is 142 cm³/mol. The van der Waals surface area contributed by atoms with Gasteiger partial charge in [-0.05, 0) is 73.4 Å². The van der Waals surface area contributed by atoms with E-state index in [2.05, 4.69) is 27.6 Å². The minimum absolute atomic E-state index is 0.102. The zero-order valence-corrected chi connectivity index (χ0v) is 21.2. The molecule has 2 aliphatic rings. The van der Waals surface area contributed by atoms with Gasteiger partial charge in [-0.15, -0.1) is 0 Å². The molecule has 1 N–H and O–H groups in total. The van der Waals surface area contributed by atoms with Gasteiger partial charge in [0.1, 0.15) is 11.5 Å². The molecule has 1 fully saturated rings. The summed E-state index contributed by atoms with van der Waals surface area (Å²) in [5.41, 5.74) is 6.30. The number of methoxy groups -OCH3 is 1. The van der Waals surface area contributed by atoms with Gasteiger partial charge >= 0.3 is 0 Å². The van der Waals surface area contributed by atoms with Crippen molar-refractivity contribution in [3.05, 3.63) is 93.4 Å². The second-order valence-electron chi connectivity index (χ2n) is 9.62. The number of amides is 1. The van der Waals surface area contributed by atoms with Crippen LogP contribution in [0.1, 0.15) is 46.4 Å². The minimum atomic E-state index is -0.288. The lowest BCUT2D eigenvalue weighted by molar-refractivity contribution is 0.0955. The fourth-order valence-corrected chi connectivity index (χ4v) is 5.44. The van der Waals surface area contributed by atoms with Gasteiger partial charge in [0, 0.05) is 55.0 Å². The first-order valence-corrected chi connectivity index (χ1v) is 12.7. The van der Waals surface area contributed by atoms with Gasteiger partial charge in [-0.25, -0.2) is 5.43 Å². The molecular formula is C29H32N4O4. The summed E-state index contributed by atoms with van der Waals surface area (Å²) in [4.78, 5) is 27.2. The zero-order valence-electron chi connectivity index (χ0n) is 21.2. The highest BCUT2D eigenvalue weighted by atomic mass is 16.5. The Morgan fingerprint density at radius 3 is 2.73 bits per heavy atom. The number of nitrogens with one attached hydrogen (secondary N) is 1. The fraction of sp³-hybridized carbons (Fsp3) is 0.345. The molecule has 2 aliphatic heterocycles. The maximum absolute atomic E-state index is 12.4. The van der Waals surface area contributed by atoms with Gasteiger partial charge in [-0.1, -0.05) is 6.07 Å². The highest BCUT2D eigenvalue weighted by molar-refractivity contribution is 5.95. The maximum atomic E-state index is 12.4. The smallest absolute Gasteiger partial charge is 0.271 e. The number of carbonyl (C=O) groups excluding carboxylic acids is 1. The van der Waals surface area contributed by atoms with E-state index in [9.17, 15) is 9.59 Å². The van der Waals surface area contributed by atoms with Crippen LogP contribution in [0.5, 0.6) is 11.5 Å². The molecule has 0 radical (unpaired) electrons. The summed E-state index contributed by atoms with van der Waals surface area (Å²) in [6.07, 6.45) is 2.77. The second-order valence-corrected chi connectivity index (χ2v) is 9.62. The topological polar surface area (TPSA) is 85.2 Å². The molecule has 8 nitrogen and oxygen atoms in total. The average Bonchev–Trinajstić information content (AvgIpc) is 2.91. The van der Waals surface area contributed by atoms with E-state index in [1.807, 2.05) is 29.7 Å². The molecule has 3 heterocycles. The molecule has 37 heavy (non-hydrogen) atoms. The Hall–Kier alpha value is -3.91. The fourth-order valence-electron chi connectivity index (χ4n) is 5.44. The first-order valence-electron chi connectivity index (χ1n) is 12.7. The number of hydrogen-bond acceptors (Lipinski definition) is 6. The monoisotopic (exact) mass is 500 g/mol. The van der Waals surface area contributed by atoms with Crippen LogP contribution >= 0.6 is 0 Å². The van der Waals surface area contributed by atoms with Crippen molar-refractivity contribution in [1.29, 1.82) is 0 Å². The van der Waals surface area contributed by atoms with E-state index >= 15 is 0 Å². The maximum Gasteiger partial charge on any atom is 0.271 e. The molecule has 0 saturated carbocycles. The van der Waals surface area contributed by atoms with E-state index in [0.29, 0.717) is 29.8 Å². The van der Waals surface area contributed by atoms with Gasteiger partial charge in [0.25, 0.3) is 11.5 Å². The number of rotatable bonds is 8. The molecule has 1 aromatic heterocycles. The first kappa shape index (κ1) is 24.8. The summed E-state index contributed by atoms with van der Waals surface area (Å²) >= 11 is 0. The van der Waals surface area contributed by atoms with Crippen molar-refractivity contribution in [2.75, 3.05) is 26.8 Å². The van der Waals surface area contributed by atoms with Crippen LogP contribution in [0.3, 0.4) is 0 Å². The Balaban J connectivity index is 1.28. The van der Waals surface area contributed by atoms with E-state index in [1.165, 1.54) is 0 Å². The highest BCUT2D eigenvalue weighted by Gasteiger charge is 2.34. The molecule has 2 aromatic carbocycles. The van der Waals surface area contributed by atoms with Crippen molar-refractivity contribution in [3.63, 3.8) is 0 Å². The molecule has 0 aliphatic carbocycles. The molecule has 3 aromatic rings. The van der Waals surface area contributed by atoms with Gasteiger partial charge in [-0.3, -0.25) is 14.5 Å². The Kier molecular flexibility index (Phi) is 7.37. The van der Waals surface area contributed by atoms with E-state index in [-0.39, 0.29) is 11.5 Å². The van der Waals surface area contributed by atoms with Crippen LogP contribution in [-0.2, 0) is 13.1 Å². The lowest BCUT2D eigenvalue weighted by Crippen LogP contribution is -2.46. The normalized spacial score (nSPS) is 18.9. The lowest BCUT2D eigenvalue weighted by Gasteiger charge is -2.43. The number of piperidine rings is 1. The van der Waals surface area contributed by atoms with Crippen molar-refractivity contribution >= 4 is 12.1 Å². The number of pyridine rings is 1. The van der Waals surface area contributed by atoms with Crippen LogP contribution in [0.25, 0.3) is 0 Å². The van der Waals surface area contributed by atoms with Crippen LogP contribution < -0.4 is 20.5 Å². The lowest BCUT2D eigenvalue weighted by atomic mass is 9.83. The van der Waals surface area contributed by atoms with Gasteiger partial charge in [0.2, 0.25) is 0 Å². The third-order valence-electron chi connectivity index (χ3n) is 7.07. The number of aromatic nitrogens is 1. The largest absolute Gasteiger partial charge is 0.497 e. The van der Waals surface area contributed by atoms with Gasteiger partial charge < -0.3 is 14.0 Å². The number of benzene rings is 2. The van der Waals surface area contributed by atoms with Crippen molar-refractivity contribution in [1.82, 2.24) is 14.9 Å². The molecule has 2 unspecified atom stereocenters. The predicted octanol–water partition coefficient (Wildman–Crippen LogP) is 3.64. The molecule has 5 rings (SSSR count). The van der Waals surface area contributed by atoms with E-state index < -0.39 is 0 Å². The van der Waals surface area contributed by atoms with E-state index in [1.54, 1.807) is 43.7 Å². The third-order valence-corrected chi connectivity index (χ3v) is 7.07. The van der Waals surface area contributed by atoms with Crippen molar-refractivity contribution in [3.8, 4) is 11.5 Å².